The standard InChI is InChI=1S/C11H13F3N2O/c1-3-15-10(17)16-9-6-8(11(12,13)14)5-4-7(9)2/h4-6H,3H2,1-2H3,(H2,15,16,17). The lowest BCUT2D eigenvalue weighted by Gasteiger charge is -2.12. The number of alkyl halides is 3. The van der Waals surface area contributed by atoms with Crippen molar-refractivity contribution in [2.75, 3.05) is 11.9 Å². The lowest BCUT2D eigenvalue weighted by atomic mass is 10.1. The highest BCUT2D eigenvalue weighted by Gasteiger charge is 2.30. The maximum atomic E-state index is 12.5. The molecule has 0 aliphatic carbocycles. The molecule has 17 heavy (non-hydrogen) atoms. The third-order valence-electron chi connectivity index (χ3n) is 2.15. The number of anilines is 1. The van der Waals surface area contributed by atoms with Crippen molar-refractivity contribution in [3.8, 4) is 0 Å². The summed E-state index contributed by atoms with van der Waals surface area (Å²) in [5, 5.41) is 4.82. The second-order valence-electron chi connectivity index (χ2n) is 3.51. The molecule has 0 aliphatic rings. The summed E-state index contributed by atoms with van der Waals surface area (Å²) >= 11 is 0. The first kappa shape index (κ1) is 13.3. The average molecular weight is 246 g/mol. The predicted octanol–water partition coefficient (Wildman–Crippen LogP) is 3.16. The van der Waals surface area contributed by atoms with Gasteiger partial charge in [-0.15, -0.1) is 0 Å². The second-order valence-corrected chi connectivity index (χ2v) is 3.51. The van der Waals surface area contributed by atoms with Crippen LogP contribution in [0.2, 0.25) is 0 Å². The van der Waals surface area contributed by atoms with Crippen molar-refractivity contribution >= 4 is 11.7 Å². The number of urea groups is 1. The van der Waals surface area contributed by atoms with Gasteiger partial charge in [-0.1, -0.05) is 6.07 Å². The van der Waals surface area contributed by atoms with E-state index in [0.717, 1.165) is 12.1 Å². The van der Waals surface area contributed by atoms with E-state index in [2.05, 4.69) is 10.6 Å². The number of amides is 2. The third-order valence-corrected chi connectivity index (χ3v) is 2.15. The van der Waals surface area contributed by atoms with Crippen LogP contribution in [0, 0.1) is 6.92 Å². The summed E-state index contributed by atoms with van der Waals surface area (Å²) in [5.74, 6) is 0. The maximum absolute atomic E-state index is 12.5. The van der Waals surface area contributed by atoms with Gasteiger partial charge >= 0.3 is 12.2 Å². The summed E-state index contributed by atoms with van der Waals surface area (Å²) in [5.41, 5.74) is -0.0510. The third kappa shape index (κ3) is 3.65. The molecule has 0 bridgehead atoms. The van der Waals surface area contributed by atoms with E-state index in [0.29, 0.717) is 12.1 Å². The van der Waals surface area contributed by atoms with E-state index in [1.165, 1.54) is 6.07 Å². The zero-order valence-electron chi connectivity index (χ0n) is 9.48. The molecule has 0 radical (unpaired) electrons. The fourth-order valence-corrected chi connectivity index (χ4v) is 1.26. The molecule has 0 saturated heterocycles. The fraction of sp³-hybridized carbons (Fsp3) is 0.364. The SMILES string of the molecule is CCNC(=O)Nc1cc(C(F)(F)F)ccc1C. The Morgan fingerprint density at radius 2 is 2.00 bits per heavy atom. The Labute approximate surface area is 97.0 Å². The minimum absolute atomic E-state index is 0.158. The second kappa shape index (κ2) is 5.07. The van der Waals surface area contributed by atoms with Crippen LogP contribution >= 0.6 is 0 Å². The van der Waals surface area contributed by atoms with E-state index >= 15 is 0 Å². The highest BCUT2D eigenvalue weighted by atomic mass is 19.4. The smallest absolute Gasteiger partial charge is 0.338 e. The Morgan fingerprint density at radius 3 is 2.53 bits per heavy atom. The first-order valence-corrected chi connectivity index (χ1v) is 5.07. The molecule has 1 aromatic rings. The van der Waals surface area contributed by atoms with E-state index in [9.17, 15) is 18.0 Å². The number of aryl methyl sites for hydroxylation is 1. The molecule has 3 nitrogen and oxygen atoms in total. The zero-order valence-corrected chi connectivity index (χ0v) is 9.48. The van der Waals surface area contributed by atoms with E-state index in [-0.39, 0.29) is 5.69 Å². The van der Waals surface area contributed by atoms with Crippen molar-refractivity contribution < 1.29 is 18.0 Å². The highest BCUT2D eigenvalue weighted by molar-refractivity contribution is 5.90. The lowest BCUT2D eigenvalue weighted by Crippen LogP contribution is -2.28. The Kier molecular flexibility index (Phi) is 3.98. The Balaban J connectivity index is 2.95. The van der Waals surface area contributed by atoms with Gasteiger partial charge in [0, 0.05) is 12.2 Å². The first-order valence-electron chi connectivity index (χ1n) is 5.07. The van der Waals surface area contributed by atoms with Gasteiger partial charge in [-0.3, -0.25) is 0 Å². The fourth-order valence-electron chi connectivity index (χ4n) is 1.26. The number of hydrogen-bond donors (Lipinski definition) is 2. The zero-order chi connectivity index (χ0) is 13.1. The maximum Gasteiger partial charge on any atom is 0.416 e. The van der Waals surface area contributed by atoms with E-state index in [4.69, 9.17) is 0 Å². The molecule has 0 aliphatic heterocycles. The van der Waals surface area contributed by atoms with E-state index in [1.807, 2.05) is 0 Å². The van der Waals surface area contributed by atoms with Crippen LogP contribution in [0.3, 0.4) is 0 Å². The molecule has 1 aromatic carbocycles. The molecule has 2 amide bonds. The van der Waals surface area contributed by atoms with Crippen molar-refractivity contribution in [2.24, 2.45) is 0 Å². The van der Waals surface area contributed by atoms with Crippen molar-refractivity contribution in [3.05, 3.63) is 29.3 Å². The molecule has 1 rings (SSSR count). The molecule has 0 unspecified atom stereocenters. The van der Waals surface area contributed by atoms with Gasteiger partial charge in [-0.2, -0.15) is 13.2 Å². The lowest BCUT2D eigenvalue weighted by molar-refractivity contribution is -0.137. The number of carbonyl (C=O) groups is 1. The Bertz CT molecular complexity index is 416. The number of carbonyl (C=O) groups excluding carboxylic acids is 1. The minimum atomic E-state index is -4.41. The van der Waals surface area contributed by atoms with Gasteiger partial charge in [0.15, 0.2) is 0 Å². The van der Waals surface area contributed by atoms with Crippen LogP contribution in [-0.2, 0) is 6.18 Å². The van der Waals surface area contributed by atoms with Crippen molar-refractivity contribution in [1.82, 2.24) is 5.32 Å². The average Bonchev–Trinajstić information content (AvgIpc) is 2.20. The van der Waals surface area contributed by atoms with Crippen LogP contribution in [0.25, 0.3) is 0 Å². The Hall–Kier alpha value is -1.72. The van der Waals surface area contributed by atoms with Crippen LogP contribution in [0.1, 0.15) is 18.1 Å². The molecule has 2 N–H and O–H groups in total. The summed E-state index contributed by atoms with van der Waals surface area (Å²) in [6.45, 7) is 3.75. The van der Waals surface area contributed by atoms with Crippen LogP contribution in [0.5, 0.6) is 0 Å². The molecular formula is C11H13F3N2O. The molecule has 0 aromatic heterocycles. The number of hydrogen-bond acceptors (Lipinski definition) is 1. The van der Waals surface area contributed by atoms with Crippen molar-refractivity contribution in [3.63, 3.8) is 0 Å². The summed E-state index contributed by atoms with van der Waals surface area (Å²) in [6.07, 6.45) is -4.41. The molecule has 0 saturated carbocycles. The Morgan fingerprint density at radius 1 is 1.35 bits per heavy atom. The number of benzene rings is 1. The summed E-state index contributed by atoms with van der Waals surface area (Å²) in [7, 11) is 0. The van der Waals surface area contributed by atoms with Crippen molar-refractivity contribution in [2.45, 2.75) is 20.0 Å². The minimum Gasteiger partial charge on any atom is -0.338 e. The molecule has 0 heterocycles. The van der Waals surface area contributed by atoms with Gasteiger partial charge in [0.05, 0.1) is 5.56 Å². The van der Waals surface area contributed by atoms with E-state index < -0.39 is 17.8 Å². The van der Waals surface area contributed by atoms with E-state index in [1.54, 1.807) is 13.8 Å². The van der Waals surface area contributed by atoms with Gasteiger partial charge in [-0.05, 0) is 31.5 Å². The van der Waals surface area contributed by atoms with Gasteiger partial charge in [0.25, 0.3) is 0 Å². The van der Waals surface area contributed by atoms with Gasteiger partial charge in [-0.25, -0.2) is 4.79 Å². The topological polar surface area (TPSA) is 41.1 Å². The predicted molar refractivity (Wildman–Crippen MR) is 58.9 cm³/mol. The van der Waals surface area contributed by atoms with Gasteiger partial charge in [0.2, 0.25) is 0 Å². The molecule has 6 heteroatoms. The van der Waals surface area contributed by atoms with Crippen LogP contribution in [0.15, 0.2) is 18.2 Å². The number of halogens is 3. The number of rotatable bonds is 2. The quantitative estimate of drug-likeness (QED) is 0.826. The highest BCUT2D eigenvalue weighted by Crippen LogP contribution is 2.31. The molecule has 0 atom stereocenters. The summed E-state index contributed by atoms with van der Waals surface area (Å²) in [4.78, 5) is 11.2. The van der Waals surface area contributed by atoms with Crippen LogP contribution in [0.4, 0.5) is 23.7 Å². The van der Waals surface area contributed by atoms with Crippen LogP contribution < -0.4 is 10.6 Å². The molecule has 94 valence electrons. The van der Waals surface area contributed by atoms with Crippen molar-refractivity contribution in [1.29, 1.82) is 0 Å². The van der Waals surface area contributed by atoms with Gasteiger partial charge < -0.3 is 10.6 Å². The molecular weight excluding hydrogens is 233 g/mol. The van der Waals surface area contributed by atoms with Crippen LogP contribution in [-0.4, -0.2) is 12.6 Å². The summed E-state index contributed by atoms with van der Waals surface area (Å²) in [6, 6.07) is 2.71. The van der Waals surface area contributed by atoms with Gasteiger partial charge in [0.1, 0.15) is 0 Å². The largest absolute Gasteiger partial charge is 0.416 e. The summed E-state index contributed by atoms with van der Waals surface area (Å²) < 4.78 is 37.4. The number of nitrogens with one attached hydrogen (secondary N) is 2. The monoisotopic (exact) mass is 246 g/mol. The normalized spacial score (nSPS) is 11.1. The molecule has 0 spiro atoms. The molecule has 0 fully saturated rings. The first-order chi connectivity index (χ1) is 7.84.